The van der Waals surface area contributed by atoms with E-state index in [0.29, 0.717) is 34.8 Å². The summed E-state index contributed by atoms with van der Waals surface area (Å²) in [6.07, 6.45) is 9.80. The van der Waals surface area contributed by atoms with Crippen LogP contribution in [-0.2, 0) is 4.79 Å². The third-order valence-electron chi connectivity index (χ3n) is 8.52. The lowest BCUT2D eigenvalue weighted by Gasteiger charge is -2.38. The summed E-state index contributed by atoms with van der Waals surface area (Å²) in [5.74, 6) is 0.883. The number of hydrogen-bond donors (Lipinski definition) is 1. The summed E-state index contributed by atoms with van der Waals surface area (Å²) in [7, 11) is 0. The first-order chi connectivity index (χ1) is 20.4. The first kappa shape index (κ1) is 29.0. The lowest BCUT2D eigenvalue weighted by atomic mass is 9.99. The van der Waals surface area contributed by atoms with Crippen LogP contribution in [0.25, 0.3) is 10.9 Å². The van der Waals surface area contributed by atoms with Crippen LogP contribution in [0.4, 0.5) is 15.9 Å². The van der Waals surface area contributed by atoms with Crippen molar-refractivity contribution in [3.63, 3.8) is 0 Å². The maximum absolute atomic E-state index is 14.9. The molecular weight excluding hydrogens is 580 g/mol. The number of halogens is 3. The van der Waals surface area contributed by atoms with Gasteiger partial charge in [0.15, 0.2) is 17.3 Å². The number of anilines is 2. The molecule has 0 aliphatic carbocycles. The van der Waals surface area contributed by atoms with Gasteiger partial charge in [0.2, 0.25) is 5.91 Å². The van der Waals surface area contributed by atoms with Crippen molar-refractivity contribution in [2.24, 2.45) is 0 Å². The highest BCUT2D eigenvalue weighted by molar-refractivity contribution is 6.42. The van der Waals surface area contributed by atoms with Gasteiger partial charge in [0.05, 0.1) is 21.2 Å². The number of rotatable bonds is 9. The number of amides is 1. The van der Waals surface area contributed by atoms with E-state index in [-0.39, 0.29) is 39.8 Å². The van der Waals surface area contributed by atoms with Gasteiger partial charge < -0.3 is 19.7 Å². The molecule has 8 nitrogen and oxygen atoms in total. The van der Waals surface area contributed by atoms with E-state index in [1.807, 2.05) is 17.0 Å². The first-order valence-electron chi connectivity index (χ1n) is 14.6. The number of nitrogens with zero attached hydrogens (tertiary/aromatic N) is 4. The van der Waals surface area contributed by atoms with Crippen molar-refractivity contribution in [3.8, 4) is 11.5 Å². The van der Waals surface area contributed by atoms with Crippen molar-refractivity contribution >= 4 is 51.5 Å². The molecule has 2 unspecified atom stereocenters. The maximum atomic E-state index is 14.9. The fourth-order valence-corrected chi connectivity index (χ4v) is 6.77. The van der Waals surface area contributed by atoms with Crippen molar-refractivity contribution in [3.05, 3.63) is 59.1 Å². The second-order valence-electron chi connectivity index (χ2n) is 11.2. The molecule has 3 fully saturated rings. The number of fused-ring (bicyclic) bond motifs is 3. The predicted molar refractivity (Wildman–Crippen MR) is 163 cm³/mol. The molecule has 222 valence electrons. The predicted octanol–water partition coefficient (Wildman–Crippen LogP) is 6.77. The Bertz CT molecular complexity index is 1470. The molecule has 2 bridgehead atoms. The smallest absolute Gasteiger partial charge is 0.246 e. The lowest BCUT2D eigenvalue weighted by Crippen LogP contribution is -2.48. The van der Waals surface area contributed by atoms with Crippen LogP contribution >= 0.6 is 23.2 Å². The minimum Gasteiger partial charge on any atom is -0.488 e. The van der Waals surface area contributed by atoms with Crippen molar-refractivity contribution in [2.45, 2.75) is 63.1 Å². The summed E-state index contributed by atoms with van der Waals surface area (Å²) in [4.78, 5) is 25.7. The number of hydrogen-bond acceptors (Lipinski definition) is 7. The number of carbonyl (C=O) groups is 1. The summed E-state index contributed by atoms with van der Waals surface area (Å²) in [5.41, 5.74) is 0.768. The molecule has 0 saturated carbocycles. The van der Waals surface area contributed by atoms with E-state index in [9.17, 15) is 9.18 Å². The van der Waals surface area contributed by atoms with Gasteiger partial charge in [0.1, 0.15) is 24.9 Å². The summed E-state index contributed by atoms with van der Waals surface area (Å²) in [5, 5.41) is 3.65. The molecule has 0 radical (unpaired) electrons. The number of nitrogens with one attached hydrogen (secondary N) is 1. The van der Waals surface area contributed by atoms with Crippen LogP contribution < -0.4 is 14.8 Å². The first-order valence-corrected chi connectivity index (χ1v) is 15.3. The highest BCUT2D eigenvalue weighted by Crippen LogP contribution is 2.41. The molecule has 3 aliphatic heterocycles. The fraction of sp³-hybridized carbons (Fsp3) is 0.452. The average Bonchev–Trinajstić information content (AvgIpc) is 3.27. The molecule has 3 aliphatic rings. The number of carbonyl (C=O) groups excluding carboxylic acids is 1. The molecule has 3 aromatic rings. The average molecular weight is 615 g/mol. The Morgan fingerprint density at radius 3 is 2.60 bits per heavy atom. The Labute approximate surface area is 254 Å². The van der Waals surface area contributed by atoms with Crippen LogP contribution in [0.3, 0.4) is 0 Å². The van der Waals surface area contributed by atoms with Gasteiger partial charge in [-0.2, -0.15) is 0 Å². The van der Waals surface area contributed by atoms with E-state index >= 15 is 0 Å². The monoisotopic (exact) mass is 613 g/mol. The molecule has 6 rings (SSSR count). The van der Waals surface area contributed by atoms with Gasteiger partial charge in [0, 0.05) is 42.9 Å². The topological polar surface area (TPSA) is 79.8 Å². The van der Waals surface area contributed by atoms with Gasteiger partial charge in [-0.15, -0.1) is 0 Å². The van der Waals surface area contributed by atoms with Crippen LogP contribution in [0, 0.1) is 5.82 Å². The van der Waals surface area contributed by atoms with Crippen LogP contribution in [0.15, 0.2) is 43.2 Å². The zero-order valence-electron chi connectivity index (χ0n) is 23.3. The third-order valence-corrected chi connectivity index (χ3v) is 9.30. The Kier molecular flexibility index (Phi) is 8.70. The van der Waals surface area contributed by atoms with Gasteiger partial charge in [-0.05, 0) is 63.0 Å². The minimum atomic E-state index is -0.665. The van der Waals surface area contributed by atoms with E-state index in [1.54, 1.807) is 0 Å². The van der Waals surface area contributed by atoms with Gasteiger partial charge in [0.25, 0.3) is 0 Å². The highest BCUT2D eigenvalue weighted by atomic mass is 35.5. The second kappa shape index (κ2) is 12.6. The molecule has 4 heterocycles. The number of piperidine rings is 2. The van der Waals surface area contributed by atoms with Gasteiger partial charge in [-0.1, -0.05) is 36.2 Å². The Hall–Kier alpha value is -3.14. The number of benzene rings is 2. The van der Waals surface area contributed by atoms with Crippen molar-refractivity contribution in [1.82, 2.24) is 19.8 Å². The Balaban J connectivity index is 1.29. The lowest BCUT2D eigenvalue weighted by molar-refractivity contribution is -0.131. The van der Waals surface area contributed by atoms with Gasteiger partial charge in [-0.3, -0.25) is 9.69 Å². The Morgan fingerprint density at radius 2 is 1.86 bits per heavy atom. The van der Waals surface area contributed by atoms with E-state index in [4.69, 9.17) is 32.7 Å². The summed E-state index contributed by atoms with van der Waals surface area (Å²) in [6.45, 7) is 7.20. The summed E-state index contributed by atoms with van der Waals surface area (Å²) in [6, 6.07) is 7.00. The zero-order chi connectivity index (χ0) is 29.2. The summed E-state index contributed by atoms with van der Waals surface area (Å²) < 4.78 is 27.9. The van der Waals surface area contributed by atoms with E-state index in [0.717, 1.165) is 45.3 Å². The SMILES string of the molecule is C=CC(=O)N1C2CCC1CC(Oc1cc3c(Nc4ccc(Cl)c(Cl)c4F)ncnc3cc1OCCN1CCCCC1)C2. The van der Waals surface area contributed by atoms with Crippen molar-refractivity contribution in [2.75, 3.05) is 31.6 Å². The molecular formula is C31H34Cl2FN5O3. The standard InChI is InChI=1S/C31H34Cl2FN5O3/c1-2-28(40)39-19-6-7-20(39)15-21(14-19)42-27-16-22-25(17-26(27)41-13-12-38-10-4-3-5-11-38)35-18-36-31(22)37-24-9-8-23(32)29(33)30(24)34/h2,8-9,16-21H,1,3-7,10-15H2,(H,35,36,37). The van der Waals surface area contributed by atoms with E-state index in [1.165, 1.54) is 43.8 Å². The van der Waals surface area contributed by atoms with Crippen LogP contribution in [0.1, 0.15) is 44.9 Å². The molecule has 42 heavy (non-hydrogen) atoms. The quantitative estimate of drug-likeness (QED) is 0.211. The zero-order valence-corrected chi connectivity index (χ0v) is 24.8. The van der Waals surface area contributed by atoms with E-state index in [2.05, 4.69) is 26.8 Å². The minimum absolute atomic E-state index is 0.0178. The molecule has 1 amide bonds. The van der Waals surface area contributed by atoms with Crippen LogP contribution in [-0.4, -0.2) is 70.1 Å². The molecule has 2 aromatic carbocycles. The number of likely N-dealkylation sites (tertiary alicyclic amines) is 1. The van der Waals surface area contributed by atoms with E-state index < -0.39 is 5.82 Å². The molecule has 2 atom stereocenters. The normalized spacial score (nSPS) is 22.3. The van der Waals surface area contributed by atoms with Crippen molar-refractivity contribution < 1.29 is 18.7 Å². The molecule has 1 aromatic heterocycles. The number of aromatic nitrogens is 2. The number of ether oxygens (including phenoxy) is 2. The summed E-state index contributed by atoms with van der Waals surface area (Å²) >= 11 is 12.0. The van der Waals surface area contributed by atoms with Crippen LogP contribution in [0.5, 0.6) is 11.5 Å². The van der Waals surface area contributed by atoms with Gasteiger partial charge in [-0.25, -0.2) is 14.4 Å². The Morgan fingerprint density at radius 1 is 1.10 bits per heavy atom. The second-order valence-corrected chi connectivity index (χ2v) is 12.0. The molecule has 1 N–H and O–H groups in total. The van der Waals surface area contributed by atoms with Gasteiger partial charge >= 0.3 is 0 Å². The van der Waals surface area contributed by atoms with Crippen molar-refractivity contribution in [1.29, 1.82) is 0 Å². The molecule has 3 saturated heterocycles. The highest BCUT2D eigenvalue weighted by Gasteiger charge is 2.43. The molecule has 11 heteroatoms. The largest absolute Gasteiger partial charge is 0.488 e. The third kappa shape index (κ3) is 6.00. The molecule has 0 spiro atoms. The fourth-order valence-electron chi connectivity index (χ4n) is 6.45. The maximum Gasteiger partial charge on any atom is 0.246 e. The van der Waals surface area contributed by atoms with Crippen LogP contribution in [0.2, 0.25) is 10.0 Å².